The van der Waals surface area contributed by atoms with Crippen LogP contribution in [0.1, 0.15) is 11.3 Å². The molecule has 4 rings (SSSR count). The molecule has 26 heavy (non-hydrogen) atoms. The monoisotopic (exact) mass is 340 g/mol. The molecule has 0 atom stereocenters. The summed E-state index contributed by atoms with van der Waals surface area (Å²) in [5.74, 6) is 0. The summed E-state index contributed by atoms with van der Waals surface area (Å²) in [6.45, 7) is 4.40. The quantitative estimate of drug-likeness (QED) is 0.477. The van der Waals surface area contributed by atoms with E-state index in [1.54, 1.807) is 0 Å². The maximum atomic E-state index is 2.30. The van der Waals surface area contributed by atoms with Crippen molar-refractivity contribution in [1.29, 1.82) is 0 Å². The first-order valence-corrected chi connectivity index (χ1v) is 9.01. The molecule has 0 aliphatic rings. The Morgan fingerprint density at radius 2 is 1.46 bits per heavy atom. The molecule has 0 unspecified atom stereocenters. The highest BCUT2D eigenvalue weighted by Gasteiger charge is 2.22. The third-order valence-electron chi connectivity index (χ3n) is 5.36. The first kappa shape index (κ1) is 16.5. The standard InChI is InChI=1S/C24H24N2/c1-17-16-19-10-5-6-11-22(19)24(26(17)4)21-13-9-12-20(18(21)2)23-14-7-8-15-25(23)3/h5-16H,1-4H3/q+2. The number of aromatic nitrogens is 2. The van der Waals surface area contributed by atoms with Crippen molar-refractivity contribution in [3.05, 3.63) is 84.2 Å². The van der Waals surface area contributed by atoms with Crippen molar-refractivity contribution < 1.29 is 9.13 Å². The van der Waals surface area contributed by atoms with Crippen LogP contribution in [0.4, 0.5) is 0 Å². The summed E-state index contributed by atoms with van der Waals surface area (Å²) in [7, 11) is 4.26. The third-order valence-corrected chi connectivity index (χ3v) is 5.36. The van der Waals surface area contributed by atoms with E-state index in [0.717, 1.165) is 0 Å². The molecule has 2 aromatic heterocycles. The van der Waals surface area contributed by atoms with E-state index < -0.39 is 0 Å². The average Bonchev–Trinajstić information content (AvgIpc) is 2.64. The van der Waals surface area contributed by atoms with Gasteiger partial charge in [-0.25, -0.2) is 4.57 Å². The van der Waals surface area contributed by atoms with Crippen molar-refractivity contribution in [2.45, 2.75) is 13.8 Å². The van der Waals surface area contributed by atoms with Crippen LogP contribution >= 0.6 is 0 Å². The van der Waals surface area contributed by atoms with Gasteiger partial charge >= 0.3 is 0 Å². The summed E-state index contributed by atoms with van der Waals surface area (Å²) in [6, 6.07) is 23.9. The molecule has 0 saturated heterocycles. The Bertz CT molecular complexity index is 1130. The lowest BCUT2D eigenvalue weighted by molar-refractivity contribution is -0.665. The molecule has 0 aliphatic carbocycles. The number of benzene rings is 2. The summed E-state index contributed by atoms with van der Waals surface area (Å²) < 4.78 is 4.49. The van der Waals surface area contributed by atoms with E-state index in [2.05, 4.69) is 110 Å². The minimum absolute atomic E-state index is 1.23. The molecule has 2 heterocycles. The lowest BCUT2D eigenvalue weighted by Gasteiger charge is -2.12. The van der Waals surface area contributed by atoms with E-state index in [-0.39, 0.29) is 0 Å². The highest BCUT2D eigenvalue weighted by Crippen LogP contribution is 2.32. The van der Waals surface area contributed by atoms with Gasteiger partial charge in [0.2, 0.25) is 11.4 Å². The van der Waals surface area contributed by atoms with Gasteiger partial charge in [-0.15, -0.1) is 0 Å². The smallest absolute Gasteiger partial charge is 0.201 e. The molecule has 0 amide bonds. The molecule has 0 saturated carbocycles. The zero-order valence-electron chi connectivity index (χ0n) is 15.8. The van der Waals surface area contributed by atoms with Crippen LogP contribution in [0.2, 0.25) is 0 Å². The maximum absolute atomic E-state index is 2.30. The minimum Gasteiger partial charge on any atom is -0.201 e. The van der Waals surface area contributed by atoms with Crippen LogP contribution in [0.5, 0.6) is 0 Å². The van der Waals surface area contributed by atoms with Crippen molar-refractivity contribution in [2.75, 3.05) is 0 Å². The Morgan fingerprint density at radius 3 is 2.27 bits per heavy atom. The summed E-state index contributed by atoms with van der Waals surface area (Å²) in [4.78, 5) is 0. The number of fused-ring (bicyclic) bond motifs is 1. The van der Waals surface area contributed by atoms with Gasteiger partial charge in [0.15, 0.2) is 11.9 Å². The normalized spacial score (nSPS) is 11.1. The van der Waals surface area contributed by atoms with Crippen molar-refractivity contribution in [2.24, 2.45) is 14.1 Å². The second kappa shape index (κ2) is 6.38. The van der Waals surface area contributed by atoms with E-state index in [0.29, 0.717) is 0 Å². The second-order valence-electron chi connectivity index (χ2n) is 6.96. The molecule has 0 radical (unpaired) electrons. The fourth-order valence-corrected chi connectivity index (χ4v) is 3.82. The topological polar surface area (TPSA) is 7.76 Å². The van der Waals surface area contributed by atoms with Gasteiger partial charge in [-0.3, -0.25) is 0 Å². The van der Waals surface area contributed by atoms with Crippen LogP contribution in [-0.2, 0) is 14.1 Å². The number of aryl methyl sites for hydroxylation is 2. The molecule has 2 heteroatoms. The Morgan fingerprint density at radius 1 is 0.731 bits per heavy atom. The molecule has 0 N–H and O–H groups in total. The molecule has 4 aromatic rings. The van der Waals surface area contributed by atoms with Gasteiger partial charge in [0.25, 0.3) is 0 Å². The lowest BCUT2D eigenvalue weighted by Crippen LogP contribution is -2.35. The minimum atomic E-state index is 1.23. The van der Waals surface area contributed by atoms with Crippen LogP contribution in [0.25, 0.3) is 33.3 Å². The Kier molecular flexibility index (Phi) is 4.04. The fourth-order valence-electron chi connectivity index (χ4n) is 3.82. The van der Waals surface area contributed by atoms with Gasteiger partial charge in [0, 0.05) is 30.7 Å². The molecule has 0 aliphatic heterocycles. The van der Waals surface area contributed by atoms with Crippen LogP contribution in [0, 0.1) is 13.8 Å². The van der Waals surface area contributed by atoms with E-state index in [1.807, 2.05) is 0 Å². The second-order valence-corrected chi connectivity index (χ2v) is 6.96. The van der Waals surface area contributed by atoms with Crippen molar-refractivity contribution in [3.63, 3.8) is 0 Å². The molecule has 0 spiro atoms. The summed E-state index contributed by atoms with van der Waals surface area (Å²) >= 11 is 0. The Balaban J connectivity index is 2.05. The van der Waals surface area contributed by atoms with Gasteiger partial charge in [-0.2, -0.15) is 4.57 Å². The number of hydrogen-bond acceptors (Lipinski definition) is 0. The van der Waals surface area contributed by atoms with Gasteiger partial charge < -0.3 is 0 Å². The number of pyridine rings is 2. The molecule has 2 aromatic carbocycles. The molecule has 128 valence electrons. The Labute approximate surface area is 155 Å². The van der Waals surface area contributed by atoms with Crippen LogP contribution in [0.15, 0.2) is 72.9 Å². The van der Waals surface area contributed by atoms with Crippen molar-refractivity contribution in [3.8, 4) is 22.5 Å². The largest absolute Gasteiger partial charge is 0.220 e. The number of nitrogens with zero attached hydrogens (tertiary/aromatic N) is 2. The van der Waals surface area contributed by atoms with E-state index in [9.17, 15) is 0 Å². The van der Waals surface area contributed by atoms with Gasteiger partial charge in [-0.1, -0.05) is 24.3 Å². The zero-order valence-corrected chi connectivity index (χ0v) is 15.8. The lowest BCUT2D eigenvalue weighted by atomic mass is 9.94. The maximum Gasteiger partial charge on any atom is 0.220 e. The average molecular weight is 340 g/mol. The molecule has 0 bridgehead atoms. The first-order chi connectivity index (χ1) is 12.6. The van der Waals surface area contributed by atoms with E-state index in [1.165, 1.54) is 44.5 Å². The van der Waals surface area contributed by atoms with Gasteiger partial charge in [0.05, 0.1) is 10.9 Å². The van der Waals surface area contributed by atoms with Gasteiger partial charge in [-0.05, 0) is 42.1 Å². The predicted molar refractivity (Wildman–Crippen MR) is 107 cm³/mol. The van der Waals surface area contributed by atoms with E-state index >= 15 is 0 Å². The molecule has 0 fully saturated rings. The highest BCUT2D eigenvalue weighted by molar-refractivity contribution is 5.94. The predicted octanol–water partition coefficient (Wildman–Crippen LogP) is 4.44. The third kappa shape index (κ3) is 2.59. The molecule has 2 nitrogen and oxygen atoms in total. The van der Waals surface area contributed by atoms with Crippen molar-refractivity contribution >= 4 is 10.8 Å². The molecular formula is C24H24N2+2. The zero-order chi connectivity index (χ0) is 18.3. The summed E-state index contributed by atoms with van der Waals surface area (Å²) in [5, 5.41) is 2.58. The van der Waals surface area contributed by atoms with Crippen LogP contribution < -0.4 is 9.13 Å². The fraction of sp³-hybridized carbons (Fsp3) is 0.167. The summed E-state index contributed by atoms with van der Waals surface area (Å²) in [6.07, 6.45) is 2.10. The number of hydrogen-bond donors (Lipinski definition) is 0. The van der Waals surface area contributed by atoms with E-state index in [4.69, 9.17) is 0 Å². The van der Waals surface area contributed by atoms with Crippen LogP contribution in [-0.4, -0.2) is 0 Å². The highest BCUT2D eigenvalue weighted by atomic mass is 14.9. The van der Waals surface area contributed by atoms with Gasteiger partial charge in [0.1, 0.15) is 14.1 Å². The SMILES string of the molecule is Cc1c(-c2cccc[n+]2C)cccc1-c1c2ccccc2cc(C)[n+]1C. The molecular weight excluding hydrogens is 316 g/mol. The summed E-state index contributed by atoms with van der Waals surface area (Å²) in [5.41, 5.74) is 7.63. The van der Waals surface area contributed by atoms with Crippen LogP contribution in [0.3, 0.4) is 0 Å². The van der Waals surface area contributed by atoms with Crippen molar-refractivity contribution in [1.82, 2.24) is 0 Å². The first-order valence-electron chi connectivity index (χ1n) is 9.01. The number of rotatable bonds is 2. The Hall–Kier alpha value is -3.00.